The first-order valence-electron chi connectivity index (χ1n) is 7.74. The molecule has 3 rings (SSSR count). The second-order valence-corrected chi connectivity index (χ2v) is 5.45. The lowest BCUT2D eigenvalue weighted by atomic mass is 10.1. The minimum atomic E-state index is -0.194. The van der Waals surface area contributed by atoms with Crippen LogP contribution in [0.1, 0.15) is 11.1 Å². The van der Waals surface area contributed by atoms with Gasteiger partial charge in [0.05, 0.1) is 12.4 Å². The molecule has 122 valence electrons. The first kappa shape index (κ1) is 15.7. The van der Waals surface area contributed by atoms with Crippen LogP contribution in [0.4, 0.5) is 5.82 Å². The molecule has 0 aliphatic rings. The summed E-state index contributed by atoms with van der Waals surface area (Å²) in [6.07, 6.45) is 9.31. The smallest absolute Gasteiger partial charge is 0.249 e. The summed E-state index contributed by atoms with van der Waals surface area (Å²) in [5, 5.41) is 11.2. The highest BCUT2D eigenvalue weighted by Gasteiger charge is 2.05. The van der Waals surface area contributed by atoms with Crippen molar-refractivity contribution in [3.05, 3.63) is 72.2 Å². The summed E-state index contributed by atoms with van der Waals surface area (Å²) in [6, 6.07) is 12.0. The van der Waals surface area contributed by atoms with E-state index in [0.717, 1.165) is 12.0 Å². The third kappa shape index (κ3) is 4.19. The molecule has 0 bridgehead atoms. The van der Waals surface area contributed by atoms with Crippen LogP contribution < -0.4 is 5.32 Å². The Balaban J connectivity index is 1.58. The molecule has 0 radical (unpaired) electrons. The predicted molar refractivity (Wildman–Crippen MR) is 93.2 cm³/mol. The molecule has 6 heteroatoms. The van der Waals surface area contributed by atoms with Gasteiger partial charge in [-0.1, -0.05) is 30.3 Å². The van der Waals surface area contributed by atoms with E-state index in [-0.39, 0.29) is 5.91 Å². The number of benzene rings is 1. The maximum Gasteiger partial charge on any atom is 0.249 e. The SMILES string of the molecule is Cn1cc(/C=C/C(=O)Nc2ccnn2CCc2ccccc2)cn1. The van der Waals surface area contributed by atoms with Crippen LogP contribution in [0.25, 0.3) is 6.08 Å². The van der Waals surface area contributed by atoms with Gasteiger partial charge in [0.15, 0.2) is 0 Å². The van der Waals surface area contributed by atoms with E-state index in [0.29, 0.717) is 12.4 Å². The van der Waals surface area contributed by atoms with E-state index in [2.05, 4.69) is 27.6 Å². The van der Waals surface area contributed by atoms with Gasteiger partial charge >= 0.3 is 0 Å². The summed E-state index contributed by atoms with van der Waals surface area (Å²) in [5.74, 6) is 0.493. The first-order valence-corrected chi connectivity index (χ1v) is 7.74. The van der Waals surface area contributed by atoms with E-state index < -0.39 is 0 Å². The summed E-state index contributed by atoms with van der Waals surface area (Å²) < 4.78 is 3.49. The van der Waals surface area contributed by atoms with Crippen LogP contribution in [-0.2, 0) is 24.8 Å². The van der Waals surface area contributed by atoms with Gasteiger partial charge in [0.25, 0.3) is 0 Å². The van der Waals surface area contributed by atoms with Crippen molar-refractivity contribution in [3.63, 3.8) is 0 Å². The molecule has 0 saturated carbocycles. The summed E-state index contributed by atoms with van der Waals surface area (Å²) >= 11 is 0. The van der Waals surface area contributed by atoms with Crippen molar-refractivity contribution in [2.24, 2.45) is 7.05 Å². The van der Waals surface area contributed by atoms with Crippen LogP contribution >= 0.6 is 0 Å². The zero-order chi connectivity index (χ0) is 16.8. The Bertz CT molecular complexity index is 832. The van der Waals surface area contributed by atoms with Crippen molar-refractivity contribution in [3.8, 4) is 0 Å². The van der Waals surface area contributed by atoms with Crippen LogP contribution in [0.3, 0.4) is 0 Å². The Morgan fingerprint density at radius 3 is 2.79 bits per heavy atom. The zero-order valence-electron chi connectivity index (χ0n) is 13.5. The summed E-state index contributed by atoms with van der Waals surface area (Å²) in [5.41, 5.74) is 2.12. The van der Waals surface area contributed by atoms with Gasteiger partial charge in [-0.15, -0.1) is 0 Å². The minimum Gasteiger partial charge on any atom is -0.307 e. The Labute approximate surface area is 140 Å². The molecule has 0 spiro atoms. The molecule has 0 fully saturated rings. The normalized spacial score (nSPS) is 11.0. The van der Waals surface area contributed by atoms with Gasteiger partial charge in [-0.05, 0) is 18.1 Å². The molecule has 0 atom stereocenters. The molecule has 0 saturated heterocycles. The molecule has 24 heavy (non-hydrogen) atoms. The van der Waals surface area contributed by atoms with Gasteiger partial charge in [0.1, 0.15) is 5.82 Å². The van der Waals surface area contributed by atoms with E-state index in [4.69, 9.17) is 0 Å². The highest BCUT2D eigenvalue weighted by atomic mass is 16.1. The van der Waals surface area contributed by atoms with Crippen LogP contribution in [0, 0.1) is 0 Å². The number of rotatable bonds is 6. The van der Waals surface area contributed by atoms with Gasteiger partial charge in [-0.25, -0.2) is 4.68 Å². The van der Waals surface area contributed by atoms with E-state index in [1.165, 1.54) is 11.6 Å². The molecule has 0 aliphatic carbocycles. The number of anilines is 1. The third-order valence-electron chi connectivity index (χ3n) is 3.57. The lowest BCUT2D eigenvalue weighted by Gasteiger charge is -2.07. The monoisotopic (exact) mass is 321 g/mol. The second kappa shape index (κ2) is 7.41. The first-order chi connectivity index (χ1) is 11.7. The number of aryl methyl sites for hydroxylation is 3. The molecular formula is C18H19N5O. The fourth-order valence-electron chi connectivity index (χ4n) is 2.36. The van der Waals surface area contributed by atoms with Gasteiger partial charge in [0.2, 0.25) is 5.91 Å². The molecule has 1 aromatic carbocycles. The van der Waals surface area contributed by atoms with Crippen LogP contribution in [0.5, 0.6) is 0 Å². The van der Waals surface area contributed by atoms with Gasteiger partial charge in [0, 0.05) is 37.5 Å². The Morgan fingerprint density at radius 2 is 2.04 bits per heavy atom. The lowest BCUT2D eigenvalue weighted by molar-refractivity contribution is -0.111. The van der Waals surface area contributed by atoms with E-state index in [9.17, 15) is 4.79 Å². The average Bonchev–Trinajstić information content (AvgIpc) is 3.21. The fourth-order valence-corrected chi connectivity index (χ4v) is 2.36. The van der Waals surface area contributed by atoms with Crippen LogP contribution in [0.15, 0.2) is 61.1 Å². The topological polar surface area (TPSA) is 64.7 Å². The standard InChI is InChI=1S/C18H19N5O/c1-22-14-16(13-20-22)7-8-18(24)21-17-9-11-19-23(17)12-10-15-5-3-2-4-6-15/h2-9,11,13-14H,10,12H2,1H3,(H,21,24)/b8-7+. The Morgan fingerprint density at radius 1 is 1.21 bits per heavy atom. The van der Waals surface area contributed by atoms with E-state index in [1.807, 2.05) is 31.4 Å². The van der Waals surface area contributed by atoms with Crippen molar-refractivity contribution >= 4 is 17.8 Å². The molecule has 2 heterocycles. The zero-order valence-corrected chi connectivity index (χ0v) is 13.5. The maximum absolute atomic E-state index is 12.1. The minimum absolute atomic E-state index is 0.194. The van der Waals surface area contributed by atoms with Crippen molar-refractivity contribution in [1.82, 2.24) is 19.6 Å². The molecule has 1 amide bonds. The van der Waals surface area contributed by atoms with Crippen LogP contribution in [-0.4, -0.2) is 25.5 Å². The molecule has 0 aliphatic heterocycles. The summed E-state index contributed by atoms with van der Waals surface area (Å²) in [7, 11) is 1.84. The third-order valence-corrected chi connectivity index (χ3v) is 3.57. The van der Waals surface area contributed by atoms with E-state index in [1.54, 1.807) is 33.9 Å². The number of hydrogen-bond donors (Lipinski definition) is 1. The summed E-state index contributed by atoms with van der Waals surface area (Å²) in [4.78, 5) is 12.1. The molecular weight excluding hydrogens is 302 g/mol. The summed E-state index contributed by atoms with van der Waals surface area (Å²) in [6.45, 7) is 0.707. The number of hydrogen-bond acceptors (Lipinski definition) is 3. The van der Waals surface area contributed by atoms with Crippen molar-refractivity contribution in [1.29, 1.82) is 0 Å². The van der Waals surface area contributed by atoms with Gasteiger partial charge in [-0.3, -0.25) is 9.48 Å². The van der Waals surface area contributed by atoms with Crippen LogP contribution in [0.2, 0.25) is 0 Å². The predicted octanol–water partition coefficient (Wildman–Crippen LogP) is 2.51. The lowest BCUT2D eigenvalue weighted by Crippen LogP contribution is -2.14. The Kier molecular flexibility index (Phi) is 4.86. The quantitative estimate of drug-likeness (QED) is 0.710. The van der Waals surface area contributed by atoms with Gasteiger partial charge < -0.3 is 5.32 Å². The number of nitrogens with one attached hydrogen (secondary N) is 1. The van der Waals surface area contributed by atoms with Gasteiger partial charge in [-0.2, -0.15) is 10.2 Å². The number of amides is 1. The largest absolute Gasteiger partial charge is 0.307 e. The maximum atomic E-state index is 12.1. The molecule has 3 aromatic rings. The highest BCUT2D eigenvalue weighted by Crippen LogP contribution is 2.09. The molecule has 0 unspecified atom stereocenters. The van der Waals surface area contributed by atoms with E-state index >= 15 is 0 Å². The van der Waals surface area contributed by atoms with Crippen molar-refractivity contribution in [2.75, 3.05) is 5.32 Å². The highest BCUT2D eigenvalue weighted by molar-refractivity contribution is 6.01. The number of carbonyl (C=O) groups excluding carboxylic acids is 1. The van der Waals surface area contributed by atoms with Crippen molar-refractivity contribution < 1.29 is 4.79 Å². The molecule has 6 nitrogen and oxygen atoms in total. The molecule has 2 aromatic heterocycles. The number of carbonyl (C=O) groups is 1. The molecule has 1 N–H and O–H groups in total. The van der Waals surface area contributed by atoms with Crippen molar-refractivity contribution in [2.45, 2.75) is 13.0 Å². The fraction of sp³-hybridized carbons (Fsp3) is 0.167. The number of aromatic nitrogens is 4. The number of nitrogens with zero attached hydrogens (tertiary/aromatic N) is 4. The average molecular weight is 321 g/mol. The second-order valence-electron chi connectivity index (χ2n) is 5.45. The Hall–Kier alpha value is -3.15.